The molecular formula is C26H31NOS2. The van der Waals surface area contributed by atoms with E-state index in [0.29, 0.717) is 0 Å². The van der Waals surface area contributed by atoms with Crippen molar-refractivity contribution in [2.24, 2.45) is 0 Å². The third-order valence-electron chi connectivity index (χ3n) is 5.87. The highest BCUT2D eigenvalue weighted by Gasteiger charge is 2.18. The quantitative estimate of drug-likeness (QED) is 0.355. The van der Waals surface area contributed by atoms with Crippen molar-refractivity contribution in [3.63, 3.8) is 0 Å². The number of thiophene rings is 1. The third kappa shape index (κ3) is 5.69. The van der Waals surface area contributed by atoms with Crippen molar-refractivity contribution in [2.45, 2.75) is 36.5 Å². The van der Waals surface area contributed by atoms with Gasteiger partial charge >= 0.3 is 0 Å². The smallest absolute Gasteiger partial charge is 0.119 e. The van der Waals surface area contributed by atoms with E-state index in [1.165, 1.54) is 59.7 Å². The number of nitrogens with zero attached hydrogens (tertiary/aromatic N) is 1. The molecule has 158 valence electrons. The molecule has 0 unspecified atom stereocenters. The Morgan fingerprint density at radius 1 is 0.900 bits per heavy atom. The van der Waals surface area contributed by atoms with Crippen LogP contribution in [0.5, 0.6) is 5.75 Å². The summed E-state index contributed by atoms with van der Waals surface area (Å²) in [6, 6.07) is 22.1. The molecule has 0 bridgehead atoms. The van der Waals surface area contributed by atoms with Gasteiger partial charge in [-0.15, -0.1) is 23.1 Å². The number of hydrogen-bond acceptors (Lipinski definition) is 4. The molecule has 0 saturated carbocycles. The summed E-state index contributed by atoms with van der Waals surface area (Å²) >= 11 is 3.61. The topological polar surface area (TPSA) is 12.5 Å². The molecule has 2 aromatic carbocycles. The molecule has 0 radical (unpaired) electrons. The van der Waals surface area contributed by atoms with Crippen LogP contribution in [-0.2, 0) is 0 Å². The third-order valence-corrected chi connectivity index (χ3v) is 7.55. The van der Waals surface area contributed by atoms with Crippen molar-refractivity contribution in [3.05, 3.63) is 82.0 Å². The maximum absolute atomic E-state index is 6.07. The molecule has 1 atom stereocenters. The minimum atomic E-state index is 0.270. The van der Waals surface area contributed by atoms with Crippen molar-refractivity contribution in [2.75, 3.05) is 32.5 Å². The van der Waals surface area contributed by atoms with Gasteiger partial charge in [0.25, 0.3) is 0 Å². The average molecular weight is 438 g/mol. The summed E-state index contributed by atoms with van der Waals surface area (Å²) in [5.41, 5.74) is 2.65. The maximum Gasteiger partial charge on any atom is 0.119 e. The summed E-state index contributed by atoms with van der Waals surface area (Å²) in [4.78, 5) is 5.23. The summed E-state index contributed by atoms with van der Waals surface area (Å²) in [6.45, 7) is 4.24. The summed E-state index contributed by atoms with van der Waals surface area (Å²) < 4.78 is 6.07. The molecule has 0 N–H and O–H groups in total. The van der Waals surface area contributed by atoms with E-state index in [0.717, 1.165) is 18.9 Å². The van der Waals surface area contributed by atoms with Gasteiger partial charge in [-0.25, -0.2) is 0 Å². The van der Waals surface area contributed by atoms with Gasteiger partial charge in [-0.3, -0.25) is 4.90 Å². The highest BCUT2D eigenvalue weighted by molar-refractivity contribution is 7.98. The van der Waals surface area contributed by atoms with Crippen LogP contribution in [0.25, 0.3) is 0 Å². The lowest BCUT2D eigenvalue weighted by Gasteiger charge is -2.20. The van der Waals surface area contributed by atoms with Gasteiger partial charge in [-0.2, -0.15) is 0 Å². The number of ether oxygens (including phenoxy) is 1. The Morgan fingerprint density at radius 2 is 1.57 bits per heavy atom. The zero-order chi connectivity index (χ0) is 20.6. The molecule has 1 aliphatic heterocycles. The van der Waals surface area contributed by atoms with Gasteiger partial charge in [0.05, 0.1) is 0 Å². The van der Waals surface area contributed by atoms with E-state index < -0.39 is 0 Å². The van der Waals surface area contributed by atoms with Gasteiger partial charge in [-0.05, 0) is 79.0 Å². The molecule has 0 spiro atoms. The number of rotatable bonds is 8. The first kappa shape index (κ1) is 21.5. The van der Waals surface area contributed by atoms with Gasteiger partial charge in [0.2, 0.25) is 0 Å². The van der Waals surface area contributed by atoms with Crippen LogP contribution >= 0.6 is 23.1 Å². The molecule has 0 amide bonds. The Balaban J connectivity index is 1.43. The Kier molecular flexibility index (Phi) is 7.90. The standard InChI is InChI=1S/C26H31NOS2/c1-29-24-14-10-22(11-15-24)26(25-7-6-20-30-25)21-8-12-23(13-9-21)28-19-18-27-16-4-2-3-5-17-27/h6-15,20,26H,2-5,16-19H2,1H3/t26-/m1/s1. The Hall–Kier alpha value is -1.75. The highest BCUT2D eigenvalue weighted by Crippen LogP contribution is 2.36. The summed E-state index contributed by atoms with van der Waals surface area (Å²) in [5.74, 6) is 1.24. The Labute approximate surface area is 189 Å². The van der Waals surface area contributed by atoms with E-state index in [4.69, 9.17) is 4.74 Å². The monoisotopic (exact) mass is 437 g/mol. The van der Waals surface area contributed by atoms with Gasteiger partial charge in [0, 0.05) is 22.2 Å². The second kappa shape index (κ2) is 11.0. The van der Waals surface area contributed by atoms with Crippen LogP contribution in [0.4, 0.5) is 0 Å². The molecular weight excluding hydrogens is 406 g/mol. The molecule has 2 nitrogen and oxygen atoms in total. The fraction of sp³-hybridized carbons (Fsp3) is 0.385. The molecule has 3 aromatic rings. The largest absolute Gasteiger partial charge is 0.492 e. The van der Waals surface area contributed by atoms with E-state index in [1.807, 2.05) is 11.3 Å². The fourth-order valence-corrected chi connectivity index (χ4v) is 5.47. The van der Waals surface area contributed by atoms with E-state index >= 15 is 0 Å². The summed E-state index contributed by atoms with van der Waals surface area (Å²) in [7, 11) is 0. The molecule has 0 aliphatic carbocycles. The lowest BCUT2D eigenvalue weighted by Crippen LogP contribution is -2.29. The predicted octanol–water partition coefficient (Wildman–Crippen LogP) is 6.91. The van der Waals surface area contributed by atoms with Crippen LogP contribution in [0.3, 0.4) is 0 Å². The predicted molar refractivity (Wildman–Crippen MR) is 130 cm³/mol. The van der Waals surface area contributed by atoms with Crippen molar-refractivity contribution < 1.29 is 4.74 Å². The second-order valence-electron chi connectivity index (χ2n) is 7.89. The summed E-state index contributed by atoms with van der Waals surface area (Å²) in [6.07, 6.45) is 7.54. The van der Waals surface area contributed by atoms with Crippen LogP contribution in [0.1, 0.15) is 47.6 Å². The first-order chi connectivity index (χ1) is 14.8. The van der Waals surface area contributed by atoms with Gasteiger partial charge < -0.3 is 4.74 Å². The van der Waals surface area contributed by atoms with Crippen LogP contribution in [0.2, 0.25) is 0 Å². The molecule has 1 aromatic heterocycles. The Morgan fingerprint density at radius 3 is 2.17 bits per heavy atom. The van der Waals surface area contributed by atoms with Crippen molar-refractivity contribution in [1.29, 1.82) is 0 Å². The van der Waals surface area contributed by atoms with E-state index in [-0.39, 0.29) is 5.92 Å². The lowest BCUT2D eigenvalue weighted by atomic mass is 9.90. The second-order valence-corrected chi connectivity index (χ2v) is 9.75. The summed E-state index contributed by atoms with van der Waals surface area (Å²) in [5, 5.41) is 2.17. The molecule has 1 aliphatic rings. The molecule has 2 heterocycles. The van der Waals surface area contributed by atoms with Gasteiger partial charge in [-0.1, -0.05) is 43.2 Å². The average Bonchev–Trinajstić information content (AvgIpc) is 3.19. The maximum atomic E-state index is 6.07. The van der Waals surface area contributed by atoms with Crippen LogP contribution in [0, 0.1) is 0 Å². The van der Waals surface area contributed by atoms with Gasteiger partial charge in [0.15, 0.2) is 0 Å². The molecule has 1 saturated heterocycles. The zero-order valence-electron chi connectivity index (χ0n) is 17.8. The molecule has 1 fully saturated rings. The van der Waals surface area contributed by atoms with Crippen LogP contribution < -0.4 is 4.74 Å². The SMILES string of the molecule is CSc1ccc([C@@H](c2ccc(OCCN3CCCCCC3)cc2)c2cccs2)cc1. The fourth-order valence-electron chi connectivity index (χ4n) is 4.18. The molecule has 4 heteroatoms. The number of thioether (sulfide) groups is 1. The van der Waals surface area contributed by atoms with Gasteiger partial charge in [0.1, 0.15) is 12.4 Å². The van der Waals surface area contributed by atoms with E-state index in [2.05, 4.69) is 77.2 Å². The minimum absolute atomic E-state index is 0.270. The first-order valence-corrected chi connectivity index (χ1v) is 13.1. The van der Waals surface area contributed by atoms with E-state index in [9.17, 15) is 0 Å². The Bertz CT molecular complexity index is 866. The van der Waals surface area contributed by atoms with Crippen molar-refractivity contribution in [1.82, 2.24) is 4.90 Å². The lowest BCUT2D eigenvalue weighted by molar-refractivity contribution is 0.214. The van der Waals surface area contributed by atoms with E-state index in [1.54, 1.807) is 11.8 Å². The van der Waals surface area contributed by atoms with Crippen LogP contribution in [0.15, 0.2) is 70.9 Å². The molecule has 4 rings (SSSR count). The highest BCUT2D eigenvalue weighted by atomic mass is 32.2. The number of likely N-dealkylation sites (tertiary alicyclic amines) is 1. The number of benzene rings is 2. The van der Waals surface area contributed by atoms with Crippen LogP contribution in [-0.4, -0.2) is 37.4 Å². The minimum Gasteiger partial charge on any atom is -0.492 e. The van der Waals surface area contributed by atoms with Crippen molar-refractivity contribution >= 4 is 23.1 Å². The zero-order valence-corrected chi connectivity index (χ0v) is 19.4. The normalized spacial score (nSPS) is 16.2. The first-order valence-electron chi connectivity index (χ1n) is 11.0. The number of hydrogen-bond donors (Lipinski definition) is 0. The van der Waals surface area contributed by atoms with Crippen molar-refractivity contribution in [3.8, 4) is 5.75 Å². The molecule has 30 heavy (non-hydrogen) atoms.